The molecule has 1 fully saturated rings. The molecule has 3 rings (SSSR count). The van der Waals surface area contributed by atoms with Crippen molar-refractivity contribution in [3.63, 3.8) is 0 Å². The molecule has 1 aliphatic carbocycles. The lowest BCUT2D eigenvalue weighted by Crippen LogP contribution is -2.39. The Labute approximate surface area is 203 Å². The molecule has 0 saturated carbocycles. The number of hydrogen-bond donors (Lipinski definition) is 3. The van der Waals surface area contributed by atoms with E-state index in [1.807, 2.05) is 26.0 Å². The monoisotopic (exact) mass is 469 g/mol. The van der Waals surface area contributed by atoms with E-state index in [9.17, 15) is 24.9 Å². The SMILES string of the molecule is CCCC1=C([C@H](O)CC/C(=C/c2cc(C)c(O)c(C)c2)CC)[C@H](CO)[C@@H]2C(=O)N(C)C(=O)[C@@H]2C1. The first kappa shape index (κ1) is 26.2. The third-order valence-electron chi connectivity index (χ3n) is 7.59. The number of amides is 2. The molecule has 6 heteroatoms. The van der Waals surface area contributed by atoms with Gasteiger partial charge in [0.1, 0.15) is 5.75 Å². The van der Waals surface area contributed by atoms with Crippen LogP contribution < -0.4 is 0 Å². The van der Waals surface area contributed by atoms with Crippen molar-refractivity contribution >= 4 is 17.9 Å². The fourth-order valence-electron chi connectivity index (χ4n) is 5.79. The summed E-state index contributed by atoms with van der Waals surface area (Å²) in [5, 5.41) is 31.6. The number of likely N-dealkylation sites (tertiary alicyclic amines) is 1. The Morgan fingerprint density at radius 1 is 1.18 bits per heavy atom. The van der Waals surface area contributed by atoms with E-state index >= 15 is 0 Å². The zero-order chi connectivity index (χ0) is 25.2. The summed E-state index contributed by atoms with van der Waals surface area (Å²) in [4.78, 5) is 26.6. The van der Waals surface area contributed by atoms with Crippen molar-refractivity contribution in [1.82, 2.24) is 4.90 Å². The zero-order valence-corrected chi connectivity index (χ0v) is 21.1. The van der Waals surface area contributed by atoms with Gasteiger partial charge in [-0.3, -0.25) is 14.5 Å². The quantitative estimate of drug-likeness (QED) is 0.370. The van der Waals surface area contributed by atoms with Crippen molar-refractivity contribution in [1.29, 1.82) is 0 Å². The number of aromatic hydroxyl groups is 1. The third kappa shape index (κ3) is 4.98. The minimum Gasteiger partial charge on any atom is -0.507 e. The number of aliphatic hydroxyl groups is 2. The van der Waals surface area contributed by atoms with Crippen LogP contribution in [0.25, 0.3) is 6.08 Å². The number of nitrogens with zero attached hydrogens (tertiary/aromatic N) is 1. The third-order valence-corrected chi connectivity index (χ3v) is 7.59. The molecule has 0 spiro atoms. The van der Waals surface area contributed by atoms with Gasteiger partial charge in [-0.15, -0.1) is 0 Å². The van der Waals surface area contributed by atoms with Crippen LogP contribution in [0.5, 0.6) is 5.75 Å². The highest BCUT2D eigenvalue weighted by molar-refractivity contribution is 6.05. The van der Waals surface area contributed by atoms with E-state index in [0.717, 1.165) is 47.1 Å². The molecule has 0 bridgehead atoms. The van der Waals surface area contributed by atoms with E-state index in [2.05, 4.69) is 19.9 Å². The average Bonchev–Trinajstić information content (AvgIpc) is 3.02. The summed E-state index contributed by atoms with van der Waals surface area (Å²) in [7, 11) is 1.51. The number of allylic oxidation sites excluding steroid dienone is 2. The van der Waals surface area contributed by atoms with E-state index < -0.39 is 23.9 Å². The van der Waals surface area contributed by atoms with Gasteiger partial charge in [-0.05, 0) is 80.3 Å². The van der Waals surface area contributed by atoms with E-state index in [-0.39, 0.29) is 18.4 Å². The molecule has 2 amide bonds. The lowest BCUT2D eigenvalue weighted by molar-refractivity contribution is -0.138. The van der Waals surface area contributed by atoms with Crippen LogP contribution in [0.4, 0.5) is 0 Å². The minimum absolute atomic E-state index is 0.175. The van der Waals surface area contributed by atoms with Crippen LogP contribution in [0.15, 0.2) is 28.9 Å². The second-order valence-electron chi connectivity index (χ2n) is 9.88. The van der Waals surface area contributed by atoms with Crippen molar-refractivity contribution in [3.05, 3.63) is 45.5 Å². The van der Waals surface area contributed by atoms with Crippen molar-refractivity contribution in [2.75, 3.05) is 13.7 Å². The van der Waals surface area contributed by atoms with Crippen molar-refractivity contribution in [3.8, 4) is 5.75 Å². The first-order valence-electron chi connectivity index (χ1n) is 12.5. The molecule has 0 unspecified atom stereocenters. The molecule has 34 heavy (non-hydrogen) atoms. The molecule has 1 heterocycles. The van der Waals surface area contributed by atoms with Gasteiger partial charge >= 0.3 is 0 Å². The molecule has 186 valence electrons. The van der Waals surface area contributed by atoms with Crippen molar-refractivity contribution in [2.45, 2.75) is 72.3 Å². The predicted molar refractivity (Wildman–Crippen MR) is 133 cm³/mol. The number of benzene rings is 1. The molecule has 4 atom stereocenters. The molecule has 1 aromatic carbocycles. The molecule has 1 aromatic rings. The van der Waals surface area contributed by atoms with Crippen LogP contribution in [-0.4, -0.2) is 51.8 Å². The Balaban J connectivity index is 1.85. The summed E-state index contributed by atoms with van der Waals surface area (Å²) in [5.41, 5.74) is 5.67. The maximum absolute atomic E-state index is 12.8. The maximum atomic E-state index is 12.8. The Hall–Kier alpha value is -2.44. The molecule has 2 aliphatic rings. The number of phenolic OH excluding ortho intramolecular Hbond substituents is 1. The topological polar surface area (TPSA) is 98.1 Å². The molecular weight excluding hydrogens is 430 g/mol. The summed E-state index contributed by atoms with van der Waals surface area (Å²) in [5.74, 6) is -1.64. The first-order chi connectivity index (χ1) is 16.1. The van der Waals surface area contributed by atoms with Crippen LogP contribution in [0, 0.1) is 31.6 Å². The van der Waals surface area contributed by atoms with Gasteiger partial charge in [-0.2, -0.15) is 0 Å². The summed E-state index contributed by atoms with van der Waals surface area (Å²) < 4.78 is 0. The van der Waals surface area contributed by atoms with Crippen LogP contribution in [-0.2, 0) is 9.59 Å². The summed E-state index contributed by atoms with van der Waals surface area (Å²) in [6, 6.07) is 3.91. The molecule has 3 N–H and O–H groups in total. The number of hydrogen-bond acceptors (Lipinski definition) is 5. The predicted octanol–water partition coefficient (Wildman–Crippen LogP) is 4.28. The number of carbonyl (C=O) groups excluding carboxylic acids is 2. The Bertz CT molecular complexity index is 985. The summed E-state index contributed by atoms with van der Waals surface area (Å²) >= 11 is 0. The Kier molecular flexibility index (Phi) is 8.37. The van der Waals surface area contributed by atoms with Gasteiger partial charge in [0.15, 0.2) is 0 Å². The van der Waals surface area contributed by atoms with Gasteiger partial charge in [-0.1, -0.05) is 37.5 Å². The Morgan fingerprint density at radius 2 is 1.82 bits per heavy atom. The van der Waals surface area contributed by atoms with Crippen LogP contribution >= 0.6 is 0 Å². The van der Waals surface area contributed by atoms with Crippen molar-refractivity contribution in [2.24, 2.45) is 17.8 Å². The highest BCUT2D eigenvalue weighted by Gasteiger charge is 2.53. The maximum Gasteiger partial charge on any atom is 0.233 e. The number of rotatable bonds is 9. The number of imide groups is 1. The van der Waals surface area contributed by atoms with E-state index in [1.165, 1.54) is 17.5 Å². The fraction of sp³-hybridized carbons (Fsp3) is 0.571. The molecule has 1 saturated heterocycles. The summed E-state index contributed by atoms with van der Waals surface area (Å²) in [6.45, 7) is 7.66. The lowest BCUT2D eigenvalue weighted by atomic mass is 9.67. The largest absolute Gasteiger partial charge is 0.507 e. The normalized spacial score (nSPS) is 24.1. The van der Waals surface area contributed by atoms with Crippen LogP contribution in [0.3, 0.4) is 0 Å². The smallest absolute Gasteiger partial charge is 0.233 e. The first-order valence-corrected chi connectivity index (χ1v) is 12.5. The highest BCUT2D eigenvalue weighted by Crippen LogP contribution is 2.47. The zero-order valence-electron chi connectivity index (χ0n) is 21.1. The molecule has 6 nitrogen and oxygen atoms in total. The molecule has 0 radical (unpaired) electrons. The number of fused-ring (bicyclic) bond motifs is 1. The second-order valence-corrected chi connectivity index (χ2v) is 9.88. The number of phenols is 1. The second kappa shape index (κ2) is 10.9. The minimum atomic E-state index is -0.772. The fourth-order valence-corrected chi connectivity index (χ4v) is 5.79. The van der Waals surface area contributed by atoms with E-state index in [1.54, 1.807) is 0 Å². The van der Waals surface area contributed by atoms with Crippen LogP contribution in [0.1, 0.15) is 69.1 Å². The molecular formula is C28H39NO5. The van der Waals surface area contributed by atoms with Gasteiger partial charge in [0, 0.05) is 13.0 Å². The Morgan fingerprint density at radius 3 is 2.38 bits per heavy atom. The molecule has 0 aromatic heterocycles. The average molecular weight is 470 g/mol. The number of aliphatic hydroxyl groups excluding tert-OH is 2. The van der Waals surface area contributed by atoms with Gasteiger partial charge in [0.05, 0.1) is 24.5 Å². The lowest BCUT2D eigenvalue weighted by Gasteiger charge is -2.36. The number of aryl methyl sites for hydroxylation is 2. The standard InChI is InChI=1S/C28H39NO5/c1-6-8-20-14-21-25(28(34)29(5)27(21)33)22(15-30)24(20)23(31)10-9-18(7-2)13-19-11-16(3)26(32)17(4)12-19/h11-13,21-23,25,30-32H,6-10,14-15H2,1-5H3/b18-13+/t21-,22+,23-,25-/m1/s1. The number of carbonyl (C=O) groups is 2. The van der Waals surface area contributed by atoms with Gasteiger partial charge in [0.25, 0.3) is 0 Å². The van der Waals surface area contributed by atoms with Gasteiger partial charge < -0.3 is 15.3 Å². The van der Waals surface area contributed by atoms with E-state index in [4.69, 9.17) is 0 Å². The molecule has 1 aliphatic heterocycles. The van der Waals surface area contributed by atoms with Crippen LogP contribution in [0.2, 0.25) is 0 Å². The summed E-state index contributed by atoms with van der Waals surface area (Å²) in [6.07, 6.45) is 5.45. The van der Waals surface area contributed by atoms with Crippen molar-refractivity contribution < 1.29 is 24.9 Å². The van der Waals surface area contributed by atoms with Gasteiger partial charge in [-0.25, -0.2) is 0 Å². The van der Waals surface area contributed by atoms with Gasteiger partial charge in [0.2, 0.25) is 11.8 Å². The highest BCUT2D eigenvalue weighted by atomic mass is 16.3. The van der Waals surface area contributed by atoms with E-state index in [0.29, 0.717) is 25.0 Å².